The molecule has 5 nitrogen and oxygen atoms in total. The van der Waals surface area contributed by atoms with Gasteiger partial charge in [0.15, 0.2) is 0 Å². The second-order valence-electron chi connectivity index (χ2n) is 6.80. The molecule has 3 rings (SSSR count). The molecular weight excluding hydrogens is 366 g/mol. The quantitative estimate of drug-likeness (QED) is 0.356. The van der Waals surface area contributed by atoms with Gasteiger partial charge in [0.05, 0.1) is 19.8 Å². The van der Waals surface area contributed by atoms with Gasteiger partial charge in [0.25, 0.3) is 0 Å². The smallest absolute Gasteiger partial charge is 0.373 e. The van der Waals surface area contributed by atoms with Gasteiger partial charge in [-0.1, -0.05) is 30.3 Å². The van der Waals surface area contributed by atoms with E-state index in [-0.39, 0.29) is 5.76 Å². The van der Waals surface area contributed by atoms with E-state index in [4.69, 9.17) is 14.2 Å². The summed E-state index contributed by atoms with van der Waals surface area (Å²) >= 11 is 0. The Kier molecular flexibility index (Phi) is 7.56. The lowest BCUT2D eigenvalue weighted by atomic mass is 10.0. The molecule has 0 fully saturated rings. The highest BCUT2D eigenvalue weighted by atomic mass is 16.6. The Hall–Kier alpha value is -2.95. The average Bonchev–Trinajstić information content (AvgIpc) is 2.75. The molecule has 0 radical (unpaired) electrons. The Morgan fingerprint density at radius 2 is 1.79 bits per heavy atom. The van der Waals surface area contributed by atoms with Crippen LogP contribution in [0.25, 0.3) is 6.08 Å². The Bertz CT molecular complexity index is 829. The van der Waals surface area contributed by atoms with Gasteiger partial charge in [0.1, 0.15) is 12.4 Å². The van der Waals surface area contributed by atoms with Gasteiger partial charge in [-0.25, -0.2) is 4.79 Å². The van der Waals surface area contributed by atoms with Crippen molar-refractivity contribution in [2.75, 3.05) is 37.8 Å². The zero-order chi connectivity index (χ0) is 20.5. The van der Waals surface area contributed by atoms with Gasteiger partial charge in [0, 0.05) is 12.2 Å². The Balaban J connectivity index is 1.56. The van der Waals surface area contributed by atoms with Crippen LogP contribution in [0, 0.1) is 0 Å². The first kappa shape index (κ1) is 20.8. The number of fused-ring (bicyclic) bond motifs is 1. The number of benzene rings is 2. The van der Waals surface area contributed by atoms with Crippen LogP contribution in [0.2, 0.25) is 0 Å². The maximum absolute atomic E-state index is 11.9. The Labute approximate surface area is 172 Å². The number of para-hydroxylation sites is 1. The molecule has 0 amide bonds. The van der Waals surface area contributed by atoms with Gasteiger partial charge in [-0.15, -0.1) is 0 Å². The van der Waals surface area contributed by atoms with Gasteiger partial charge in [-0.2, -0.15) is 0 Å². The fraction of sp³-hybridized carbons (Fsp3) is 0.375. The van der Waals surface area contributed by atoms with Crippen molar-refractivity contribution in [2.24, 2.45) is 0 Å². The molecule has 0 aliphatic carbocycles. The average molecular weight is 395 g/mol. The van der Waals surface area contributed by atoms with E-state index in [0.717, 1.165) is 30.8 Å². The number of hydrogen-bond donors (Lipinski definition) is 0. The summed E-state index contributed by atoms with van der Waals surface area (Å²) in [6.07, 6.45) is 4.02. The van der Waals surface area contributed by atoms with E-state index in [1.807, 2.05) is 31.2 Å². The fourth-order valence-electron chi connectivity index (χ4n) is 3.45. The molecule has 0 saturated carbocycles. The number of aryl methyl sites for hydroxylation is 1. The van der Waals surface area contributed by atoms with E-state index in [9.17, 15) is 4.79 Å². The highest BCUT2D eigenvalue weighted by Crippen LogP contribution is 2.26. The molecule has 0 atom stereocenters. The molecule has 0 aromatic heterocycles. The van der Waals surface area contributed by atoms with Crippen LogP contribution < -0.4 is 9.64 Å². The lowest BCUT2D eigenvalue weighted by Crippen LogP contribution is -2.33. The molecule has 0 saturated heterocycles. The first-order chi connectivity index (χ1) is 14.2. The number of carbonyl (C=O) groups excluding carboxylic acids is 1. The van der Waals surface area contributed by atoms with Crippen molar-refractivity contribution >= 4 is 17.7 Å². The summed E-state index contributed by atoms with van der Waals surface area (Å²) in [7, 11) is 0. The molecule has 2 aromatic carbocycles. The van der Waals surface area contributed by atoms with Crippen LogP contribution in [0.5, 0.6) is 5.75 Å². The van der Waals surface area contributed by atoms with Crippen molar-refractivity contribution in [1.82, 2.24) is 0 Å². The molecule has 2 aromatic rings. The summed E-state index contributed by atoms with van der Waals surface area (Å²) < 4.78 is 16.4. The lowest BCUT2D eigenvalue weighted by Gasteiger charge is -2.31. The van der Waals surface area contributed by atoms with Crippen LogP contribution >= 0.6 is 0 Å². The highest BCUT2D eigenvalue weighted by molar-refractivity contribution is 5.91. The van der Waals surface area contributed by atoms with E-state index in [1.165, 1.54) is 17.7 Å². The minimum Gasteiger partial charge on any atom is -0.492 e. The molecule has 0 spiro atoms. The van der Waals surface area contributed by atoms with E-state index < -0.39 is 5.97 Å². The summed E-state index contributed by atoms with van der Waals surface area (Å²) in [5.41, 5.74) is 3.60. The number of hydrogen-bond acceptors (Lipinski definition) is 5. The Morgan fingerprint density at radius 1 is 1.03 bits per heavy atom. The molecule has 5 heteroatoms. The molecular formula is C24H29NO4. The van der Waals surface area contributed by atoms with Gasteiger partial charge < -0.3 is 19.1 Å². The van der Waals surface area contributed by atoms with Crippen LogP contribution in [0.15, 0.2) is 54.3 Å². The minimum absolute atomic E-state index is 0.215. The number of nitrogens with zero attached hydrogens (tertiary/aromatic N) is 1. The van der Waals surface area contributed by atoms with Crippen LogP contribution in [0.1, 0.15) is 31.4 Å². The third kappa shape index (κ3) is 5.76. The second kappa shape index (κ2) is 10.6. The molecule has 0 bridgehead atoms. The van der Waals surface area contributed by atoms with E-state index in [0.29, 0.717) is 19.8 Å². The summed E-state index contributed by atoms with van der Waals surface area (Å²) in [6.45, 7) is 6.88. The highest BCUT2D eigenvalue weighted by Gasteiger charge is 2.16. The third-order valence-electron chi connectivity index (χ3n) is 4.79. The Morgan fingerprint density at radius 3 is 2.55 bits per heavy atom. The standard InChI is InChI=1S/C24H29NO4/c1-3-27-23(24(26)28-4-2)18-19-11-13-21(14-12-19)29-17-16-25-15-7-9-20-8-5-6-10-22(20)25/h5-6,8,10-14,18H,3-4,7,9,15-17H2,1-2H3. The van der Waals surface area contributed by atoms with Crippen LogP contribution in [-0.4, -0.2) is 38.9 Å². The van der Waals surface area contributed by atoms with Crippen molar-refractivity contribution in [2.45, 2.75) is 26.7 Å². The van der Waals surface area contributed by atoms with Crippen LogP contribution in [0.4, 0.5) is 5.69 Å². The first-order valence-corrected chi connectivity index (χ1v) is 10.3. The van der Waals surface area contributed by atoms with Gasteiger partial charge in [0.2, 0.25) is 5.76 Å². The molecule has 29 heavy (non-hydrogen) atoms. The molecule has 1 heterocycles. The predicted molar refractivity (Wildman–Crippen MR) is 115 cm³/mol. The zero-order valence-corrected chi connectivity index (χ0v) is 17.2. The molecule has 1 aliphatic heterocycles. The normalized spacial score (nSPS) is 13.6. The van der Waals surface area contributed by atoms with Crippen molar-refractivity contribution in [3.63, 3.8) is 0 Å². The van der Waals surface area contributed by atoms with Crippen molar-refractivity contribution in [1.29, 1.82) is 0 Å². The van der Waals surface area contributed by atoms with E-state index in [2.05, 4.69) is 29.2 Å². The predicted octanol–water partition coefficient (Wildman–Crippen LogP) is 4.46. The summed E-state index contributed by atoms with van der Waals surface area (Å²) in [4.78, 5) is 14.3. The first-order valence-electron chi connectivity index (χ1n) is 10.3. The molecule has 0 N–H and O–H groups in total. The van der Waals surface area contributed by atoms with Gasteiger partial charge in [-0.3, -0.25) is 0 Å². The van der Waals surface area contributed by atoms with Crippen molar-refractivity contribution < 1.29 is 19.0 Å². The second-order valence-corrected chi connectivity index (χ2v) is 6.80. The third-order valence-corrected chi connectivity index (χ3v) is 4.79. The summed E-state index contributed by atoms with van der Waals surface area (Å²) in [6, 6.07) is 16.2. The molecule has 0 unspecified atom stereocenters. The minimum atomic E-state index is -0.448. The number of anilines is 1. The zero-order valence-electron chi connectivity index (χ0n) is 17.2. The number of ether oxygens (including phenoxy) is 3. The maximum atomic E-state index is 11.9. The maximum Gasteiger partial charge on any atom is 0.373 e. The van der Waals surface area contributed by atoms with Gasteiger partial charge in [-0.05, 0) is 62.1 Å². The van der Waals surface area contributed by atoms with Crippen LogP contribution in [0.3, 0.4) is 0 Å². The largest absolute Gasteiger partial charge is 0.492 e. The number of esters is 1. The van der Waals surface area contributed by atoms with Crippen molar-refractivity contribution in [3.8, 4) is 5.75 Å². The number of carbonyl (C=O) groups is 1. The number of rotatable bonds is 9. The SMILES string of the molecule is CCOC(=O)C(=Cc1ccc(OCCN2CCCc3ccccc32)cc1)OCC. The van der Waals surface area contributed by atoms with Crippen LogP contribution in [-0.2, 0) is 20.7 Å². The molecule has 1 aliphatic rings. The molecule has 154 valence electrons. The van der Waals surface area contributed by atoms with Crippen molar-refractivity contribution in [3.05, 3.63) is 65.4 Å². The van der Waals surface area contributed by atoms with Gasteiger partial charge >= 0.3 is 5.97 Å². The lowest BCUT2D eigenvalue weighted by molar-refractivity contribution is -0.142. The van der Waals surface area contributed by atoms with E-state index >= 15 is 0 Å². The monoisotopic (exact) mass is 395 g/mol. The summed E-state index contributed by atoms with van der Waals surface area (Å²) in [5, 5.41) is 0. The van der Waals surface area contributed by atoms with E-state index in [1.54, 1.807) is 13.0 Å². The summed E-state index contributed by atoms with van der Waals surface area (Å²) in [5.74, 6) is 0.574. The fourth-order valence-corrected chi connectivity index (χ4v) is 3.45. The topological polar surface area (TPSA) is 48.0 Å².